The first-order valence-corrected chi connectivity index (χ1v) is 5.45. The van der Waals surface area contributed by atoms with Gasteiger partial charge in [0.2, 0.25) is 0 Å². The molecule has 70 valence electrons. The number of nitrogens with one attached hydrogen (secondary N) is 1. The SMILES string of the molecule is O=C([O-])CNC1CCS(=O)(=O)C1.[K+]. The Labute approximate surface area is 120 Å². The predicted molar refractivity (Wildman–Crippen MR) is 40.1 cm³/mol. The number of carbonyl (C=O) groups is 1. The minimum Gasteiger partial charge on any atom is -0.549 e. The topological polar surface area (TPSA) is 86.3 Å². The molecule has 7 heteroatoms. The maximum absolute atomic E-state index is 10.9. The van der Waals surface area contributed by atoms with E-state index in [1.54, 1.807) is 0 Å². The number of carboxylic acids is 1. The Morgan fingerprint density at radius 2 is 2.15 bits per heavy atom. The summed E-state index contributed by atoms with van der Waals surface area (Å²) in [5.41, 5.74) is 0. The third-order valence-corrected chi connectivity index (χ3v) is 3.54. The van der Waals surface area contributed by atoms with E-state index in [1.165, 1.54) is 0 Å². The molecule has 0 aromatic heterocycles. The van der Waals surface area contributed by atoms with Crippen LogP contribution < -0.4 is 61.8 Å². The summed E-state index contributed by atoms with van der Waals surface area (Å²) in [5, 5.41) is 12.6. The van der Waals surface area contributed by atoms with Crippen LogP contribution >= 0.6 is 0 Å². The number of sulfone groups is 1. The normalized spacial score (nSPS) is 25.1. The van der Waals surface area contributed by atoms with Crippen LogP contribution in [0.1, 0.15) is 6.42 Å². The number of hydrogen-bond donors (Lipinski definition) is 1. The van der Waals surface area contributed by atoms with Crippen LogP contribution in [-0.2, 0) is 14.6 Å². The average Bonchev–Trinajstić information content (AvgIpc) is 2.26. The number of aliphatic carboxylic acids is 1. The Balaban J connectivity index is 0.00000144. The molecule has 0 spiro atoms. The van der Waals surface area contributed by atoms with Crippen molar-refractivity contribution in [3.05, 3.63) is 0 Å². The first kappa shape index (κ1) is 14.0. The van der Waals surface area contributed by atoms with E-state index in [0.29, 0.717) is 6.42 Å². The molecule has 0 amide bonds. The van der Waals surface area contributed by atoms with Crippen molar-refractivity contribution >= 4 is 15.8 Å². The van der Waals surface area contributed by atoms with Crippen molar-refractivity contribution in [2.24, 2.45) is 0 Å². The largest absolute Gasteiger partial charge is 1.00 e. The summed E-state index contributed by atoms with van der Waals surface area (Å²) in [6.45, 7) is -0.278. The fourth-order valence-corrected chi connectivity index (χ4v) is 2.89. The number of rotatable bonds is 3. The average molecular weight is 231 g/mol. The fourth-order valence-electron chi connectivity index (χ4n) is 1.18. The molecule has 0 bridgehead atoms. The number of carboxylic acid groups (broad SMARTS) is 1. The molecule has 1 saturated heterocycles. The molecule has 1 unspecified atom stereocenters. The molecule has 0 aromatic rings. The molecule has 5 nitrogen and oxygen atoms in total. The van der Waals surface area contributed by atoms with Gasteiger partial charge in [0.25, 0.3) is 0 Å². The third-order valence-electron chi connectivity index (χ3n) is 1.77. The Morgan fingerprint density at radius 1 is 1.54 bits per heavy atom. The second-order valence-corrected chi connectivity index (χ2v) is 5.08. The smallest absolute Gasteiger partial charge is 0.549 e. The molecule has 1 heterocycles. The summed E-state index contributed by atoms with van der Waals surface area (Å²) in [4.78, 5) is 9.99. The summed E-state index contributed by atoms with van der Waals surface area (Å²) in [6.07, 6.45) is 0.496. The van der Waals surface area contributed by atoms with Gasteiger partial charge in [-0.05, 0) is 6.42 Å². The Hall–Kier alpha value is 1.02. The fraction of sp³-hybridized carbons (Fsp3) is 0.833. The van der Waals surface area contributed by atoms with Crippen molar-refractivity contribution < 1.29 is 69.7 Å². The van der Waals surface area contributed by atoms with E-state index in [9.17, 15) is 18.3 Å². The molecule has 0 aromatic carbocycles. The van der Waals surface area contributed by atoms with Crippen LogP contribution in [-0.4, -0.2) is 38.5 Å². The van der Waals surface area contributed by atoms with Gasteiger partial charge >= 0.3 is 51.4 Å². The molecule has 0 saturated carbocycles. The van der Waals surface area contributed by atoms with Gasteiger partial charge in [-0.1, -0.05) is 0 Å². The van der Waals surface area contributed by atoms with Crippen molar-refractivity contribution in [3.63, 3.8) is 0 Å². The van der Waals surface area contributed by atoms with Crippen LogP contribution in [0.3, 0.4) is 0 Å². The summed E-state index contributed by atoms with van der Waals surface area (Å²) in [7, 11) is -2.92. The summed E-state index contributed by atoms with van der Waals surface area (Å²) in [6, 6.07) is -0.215. The van der Waals surface area contributed by atoms with Crippen molar-refractivity contribution in [1.82, 2.24) is 5.32 Å². The maximum atomic E-state index is 10.9. The molecular weight excluding hydrogens is 221 g/mol. The van der Waals surface area contributed by atoms with Gasteiger partial charge in [-0.3, -0.25) is 0 Å². The van der Waals surface area contributed by atoms with Crippen LogP contribution in [0.25, 0.3) is 0 Å². The van der Waals surface area contributed by atoms with Crippen molar-refractivity contribution in [3.8, 4) is 0 Å². The van der Waals surface area contributed by atoms with Crippen LogP contribution in [0.15, 0.2) is 0 Å². The number of carbonyl (C=O) groups excluding carboxylic acids is 1. The first-order valence-electron chi connectivity index (χ1n) is 3.63. The minimum absolute atomic E-state index is 0. The van der Waals surface area contributed by atoms with E-state index in [0.717, 1.165) is 0 Å². The van der Waals surface area contributed by atoms with Gasteiger partial charge in [-0.15, -0.1) is 0 Å². The van der Waals surface area contributed by atoms with Crippen molar-refractivity contribution in [2.45, 2.75) is 12.5 Å². The van der Waals surface area contributed by atoms with E-state index in [4.69, 9.17) is 0 Å². The first-order chi connectivity index (χ1) is 5.49. The molecule has 1 rings (SSSR count). The van der Waals surface area contributed by atoms with Crippen LogP contribution in [0.2, 0.25) is 0 Å². The standard InChI is InChI=1S/C6H11NO4S.K/c8-6(9)3-7-5-1-2-12(10,11)4-5;/h5,7H,1-4H2,(H,8,9);/q;+1/p-1. The molecule has 1 fully saturated rings. The van der Waals surface area contributed by atoms with E-state index >= 15 is 0 Å². The molecule has 1 N–H and O–H groups in total. The molecule has 13 heavy (non-hydrogen) atoms. The third kappa shape index (κ3) is 5.46. The molecule has 1 aliphatic heterocycles. The predicted octanol–water partition coefficient (Wildman–Crippen LogP) is -5.48. The maximum Gasteiger partial charge on any atom is 1.00 e. The zero-order valence-corrected chi connectivity index (χ0v) is 11.4. The second kappa shape index (κ2) is 5.79. The zero-order chi connectivity index (χ0) is 9.19. The quantitative estimate of drug-likeness (QED) is 0.490. The van der Waals surface area contributed by atoms with Gasteiger partial charge < -0.3 is 15.2 Å². The molecule has 1 atom stereocenters. The van der Waals surface area contributed by atoms with Crippen LogP contribution in [0.4, 0.5) is 0 Å². The Bertz CT molecular complexity index is 276. The monoisotopic (exact) mass is 231 g/mol. The van der Waals surface area contributed by atoms with E-state index in [-0.39, 0.29) is 75.5 Å². The molecule has 1 aliphatic rings. The van der Waals surface area contributed by atoms with Crippen LogP contribution in [0.5, 0.6) is 0 Å². The van der Waals surface area contributed by atoms with E-state index in [1.807, 2.05) is 0 Å². The summed E-state index contributed by atoms with van der Waals surface area (Å²) < 4.78 is 21.8. The second-order valence-electron chi connectivity index (χ2n) is 2.85. The Kier molecular flexibility index (Phi) is 6.24. The van der Waals surface area contributed by atoms with Crippen molar-refractivity contribution in [1.29, 1.82) is 0 Å². The van der Waals surface area contributed by atoms with Gasteiger partial charge in [-0.25, -0.2) is 8.42 Å². The van der Waals surface area contributed by atoms with Crippen LogP contribution in [0, 0.1) is 0 Å². The van der Waals surface area contributed by atoms with Gasteiger partial charge in [-0.2, -0.15) is 0 Å². The van der Waals surface area contributed by atoms with Crippen molar-refractivity contribution in [2.75, 3.05) is 18.1 Å². The summed E-state index contributed by atoms with van der Waals surface area (Å²) >= 11 is 0. The molecule has 0 radical (unpaired) electrons. The minimum atomic E-state index is -2.92. The molecule has 0 aliphatic carbocycles. The zero-order valence-electron chi connectivity index (χ0n) is 7.45. The Morgan fingerprint density at radius 3 is 2.54 bits per heavy atom. The van der Waals surface area contributed by atoms with Gasteiger partial charge in [0.1, 0.15) is 0 Å². The van der Waals surface area contributed by atoms with E-state index < -0.39 is 15.8 Å². The van der Waals surface area contributed by atoms with Gasteiger partial charge in [0, 0.05) is 12.6 Å². The van der Waals surface area contributed by atoms with E-state index in [2.05, 4.69) is 5.32 Å². The van der Waals surface area contributed by atoms with Gasteiger partial charge in [0.05, 0.1) is 17.5 Å². The number of hydrogen-bond acceptors (Lipinski definition) is 5. The molecular formula is C6H10KNO4S. The van der Waals surface area contributed by atoms with Gasteiger partial charge in [0.15, 0.2) is 9.84 Å². The summed E-state index contributed by atoms with van der Waals surface area (Å²) in [5.74, 6) is -1.02.